The van der Waals surface area contributed by atoms with Crippen LogP contribution in [0.2, 0.25) is 0 Å². The van der Waals surface area contributed by atoms with E-state index in [1.807, 2.05) is 18.2 Å². The maximum Gasteiger partial charge on any atom is 0.221 e. The Balaban J connectivity index is 2.00. The van der Waals surface area contributed by atoms with Crippen LogP contribution in [0.4, 0.5) is 0 Å². The molecule has 4 heteroatoms. The smallest absolute Gasteiger partial charge is 0.221 e. The molecular weight excluding hydrogens is 252 g/mol. The molecule has 0 spiro atoms. The van der Waals surface area contributed by atoms with Crippen LogP contribution in [-0.2, 0) is 11.2 Å². The molecule has 0 aliphatic heterocycles. The predicted octanol–water partition coefficient (Wildman–Crippen LogP) is 2.58. The monoisotopic (exact) mass is 268 g/mol. The van der Waals surface area contributed by atoms with Crippen LogP contribution in [-0.4, -0.2) is 16.7 Å². The molecule has 3 N–H and O–H groups in total. The largest absolute Gasteiger partial charge is 0.369 e. The average Bonchev–Trinajstić information content (AvgIpc) is 2.78. The number of Topliss-reactive ketones (excluding diaryl/α,β-unsaturated/α-hetero) is 1. The molecule has 1 amide bonds. The fraction of sp³-hybridized carbons (Fsp3) is 0.250. The van der Waals surface area contributed by atoms with Gasteiger partial charge in [0, 0.05) is 23.7 Å². The van der Waals surface area contributed by atoms with E-state index in [1.54, 1.807) is 6.08 Å². The number of aryl methyl sites for hydroxylation is 1. The molecule has 1 heterocycles. The molecule has 0 saturated carbocycles. The Hall–Kier alpha value is -2.36. The van der Waals surface area contributed by atoms with Crippen LogP contribution < -0.4 is 5.73 Å². The molecule has 0 bridgehead atoms. The van der Waals surface area contributed by atoms with E-state index >= 15 is 0 Å². The van der Waals surface area contributed by atoms with E-state index in [-0.39, 0.29) is 18.1 Å². The zero-order valence-electron chi connectivity index (χ0n) is 11.1. The van der Waals surface area contributed by atoms with Gasteiger partial charge >= 0.3 is 0 Å². The maximum atomic E-state index is 11.9. The lowest BCUT2D eigenvalue weighted by Crippen LogP contribution is -2.09. The highest BCUT2D eigenvalue weighted by atomic mass is 16.1. The first-order valence-electron chi connectivity index (χ1n) is 6.78. The number of ketones is 1. The molecule has 0 radical (unpaired) electrons. The Morgan fingerprint density at radius 2 is 2.20 bits per heavy atom. The van der Waals surface area contributed by atoms with Crippen LogP contribution in [0, 0.1) is 0 Å². The number of primary amides is 1. The van der Waals surface area contributed by atoms with Crippen molar-refractivity contribution in [2.45, 2.75) is 25.7 Å². The standard InChI is InChI=1S/C16H16N2O2/c17-15(20)6-1-3-10-7-8-13-12(9-10)11-4-2-5-14(19)16(11)18-13/h1,3,7-9,18H,2,4-6H2,(H2,17,20). The molecule has 102 valence electrons. The Morgan fingerprint density at radius 3 is 3.00 bits per heavy atom. The van der Waals surface area contributed by atoms with E-state index in [0.717, 1.165) is 40.6 Å². The van der Waals surface area contributed by atoms with E-state index < -0.39 is 0 Å². The molecule has 1 aromatic carbocycles. The lowest BCUT2D eigenvalue weighted by molar-refractivity contribution is -0.117. The van der Waals surface area contributed by atoms with Gasteiger partial charge in [-0.3, -0.25) is 9.59 Å². The summed E-state index contributed by atoms with van der Waals surface area (Å²) in [5.74, 6) is -0.139. The van der Waals surface area contributed by atoms with Crippen LogP contribution in [0.3, 0.4) is 0 Å². The van der Waals surface area contributed by atoms with Gasteiger partial charge in [0.05, 0.1) is 5.69 Å². The van der Waals surface area contributed by atoms with Gasteiger partial charge in [-0.25, -0.2) is 0 Å². The van der Waals surface area contributed by atoms with E-state index in [0.29, 0.717) is 6.42 Å². The Labute approximate surface area is 116 Å². The van der Waals surface area contributed by atoms with E-state index in [1.165, 1.54) is 0 Å². The first-order chi connectivity index (χ1) is 9.65. The quantitative estimate of drug-likeness (QED) is 0.897. The van der Waals surface area contributed by atoms with Crippen molar-refractivity contribution in [1.29, 1.82) is 0 Å². The lowest BCUT2D eigenvalue weighted by Gasteiger charge is -2.09. The van der Waals surface area contributed by atoms with Gasteiger partial charge in [0.1, 0.15) is 0 Å². The van der Waals surface area contributed by atoms with Crippen LogP contribution in [0.25, 0.3) is 17.0 Å². The highest BCUT2D eigenvalue weighted by Crippen LogP contribution is 2.29. The fourth-order valence-electron chi connectivity index (χ4n) is 2.73. The van der Waals surface area contributed by atoms with Crippen molar-refractivity contribution in [3.63, 3.8) is 0 Å². The number of H-pyrrole nitrogens is 1. The molecule has 1 aliphatic carbocycles. The summed E-state index contributed by atoms with van der Waals surface area (Å²) in [6.07, 6.45) is 6.37. The van der Waals surface area contributed by atoms with Gasteiger partial charge < -0.3 is 10.7 Å². The topological polar surface area (TPSA) is 76.0 Å². The average molecular weight is 268 g/mol. The van der Waals surface area contributed by atoms with Crippen LogP contribution in [0.1, 0.15) is 40.9 Å². The van der Waals surface area contributed by atoms with Crippen molar-refractivity contribution < 1.29 is 9.59 Å². The van der Waals surface area contributed by atoms with Crippen LogP contribution >= 0.6 is 0 Å². The van der Waals surface area contributed by atoms with Gasteiger partial charge in [0.15, 0.2) is 5.78 Å². The third-order valence-corrected chi connectivity index (χ3v) is 3.67. The van der Waals surface area contributed by atoms with Gasteiger partial charge in [-0.05, 0) is 36.1 Å². The van der Waals surface area contributed by atoms with Gasteiger partial charge in [-0.2, -0.15) is 0 Å². The lowest BCUT2D eigenvalue weighted by atomic mass is 9.94. The molecule has 1 aromatic heterocycles. The van der Waals surface area contributed by atoms with E-state index in [2.05, 4.69) is 11.1 Å². The highest BCUT2D eigenvalue weighted by Gasteiger charge is 2.21. The molecule has 0 atom stereocenters. The number of carbonyl (C=O) groups excluding carboxylic acids is 2. The van der Waals surface area contributed by atoms with E-state index in [9.17, 15) is 9.59 Å². The molecule has 1 aliphatic rings. The van der Waals surface area contributed by atoms with Crippen LogP contribution in [0.5, 0.6) is 0 Å². The maximum absolute atomic E-state index is 11.9. The first kappa shape index (κ1) is 12.7. The van der Waals surface area contributed by atoms with Crippen LogP contribution in [0.15, 0.2) is 24.3 Å². The number of amides is 1. The summed E-state index contributed by atoms with van der Waals surface area (Å²) in [6.45, 7) is 0. The third kappa shape index (κ3) is 2.25. The Bertz CT molecular complexity index is 725. The second-order valence-electron chi connectivity index (χ2n) is 5.13. The SMILES string of the molecule is NC(=O)CC=Cc1ccc2[nH]c3c(c2c1)CCCC3=O. The zero-order chi connectivity index (χ0) is 14.1. The van der Waals surface area contributed by atoms with Crippen molar-refractivity contribution in [3.05, 3.63) is 41.1 Å². The number of aromatic amines is 1. The highest BCUT2D eigenvalue weighted by molar-refractivity contribution is 6.03. The van der Waals surface area contributed by atoms with Crippen molar-refractivity contribution in [2.24, 2.45) is 5.73 Å². The van der Waals surface area contributed by atoms with Gasteiger partial charge in [-0.15, -0.1) is 0 Å². The van der Waals surface area contributed by atoms with Gasteiger partial charge in [0.25, 0.3) is 0 Å². The van der Waals surface area contributed by atoms with Crippen molar-refractivity contribution in [3.8, 4) is 0 Å². The number of hydrogen-bond acceptors (Lipinski definition) is 2. The third-order valence-electron chi connectivity index (χ3n) is 3.67. The summed E-state index contributed by atoms with van der Waals surface area (Å²) in [7, 11) is 0. The molecule has 0 fully saturated rings. The second-order valence-corrected chi connectivity index (χ2v) is 5.13. The minimum atomic E-state index is -0.341. The Morgan fingerprint density at radius 1 is 1.35 bits per heavy atom. The second kappa shape index (κ2) is 4.96. The number of fused-ring (bicyclic) bond motifs is 3. The summed E-state index contributed by atoms with van der Waals surface area (Å²) < 4.78 is 0. The molecule has 20 heavy (non-hydrogen) atoms. The minimum Gasteiger partial charge on any atom is -0.369 e. The normalized spacial score (nSPS) is 14.9. The molecule has 0 unspecified atom stereocenters. The zero-order valence-corrected chi connectivity index (χ0v) is 11.1. The molecule has 4 nitrogen and oxygen atoms in total. The number of carbonyl (C=O) groups is 2. The number of hydrogen-bond donors (Lipinski definition) is 2. The number of aromatic nitrogens is 1. The van der Waals surface area contributed by atoms with Gasteiger partial charge in [0.2, 0.25) is 5.91 Å². The number of benzene rings is 1. The van der Waals surface area contributed by atoms with Crippen molar-refractivity contribution >= 4 is 28.7 Å². The fourth-order valence-corrected chi connectivity index (χ4v) is 2.73. The molecule has 2 aromatic rings. The van der Waals surface area contributed by atoms with Crippen molar-refractivity contribution in [2.75, 3.05) is 0 Å². The van der Waals surface area contributed by atoms with E-state index in [4.69, 9.17) is 5.73 Å². The predicted molar refractivity (Wildman–Crippen MR) is 78.4 cm³/mol. The number of rotatable bonds is 3. The molecule has 3 rings (SSSR count). The van der Waals surface area contributed by atoms with Crippen molar-refractivity contribution in [1.82, 2.24) is 4.98 Å². The first-order valence-corrected chi connectivity index (χ1v) is 6.78. The summed E-state index contributed by atoms with van der Waals surface area (Å²) in [5, 5.41) is 1.11. The minimum absolute atomic E-state index is 0.202. The number of nitrogens with two attached hydrogens (primary N) is 1. The summed E-state index contributed by atoms with van der Waals surface area (Å²) >= 11 is 0. The molecular formula is C16H16N2O2. The Kier molecular flexibility index (Phi) is 3.14. The molecule has 0 saturated heterocycles. The summed E-state index contributed by atoms with van der Waals surface area (Å²) in [5.41, 5.74) is 9.01. The van der Waals surface area contributed by atoms with Gasteiger partial charge in [-0.1, -0.05) is 18.2 Å². The summed E-state index contributed by atoms with van der Waals surface area (Å²) in [6, 6.07) is 6.00. The summed E-state index contributed by atoms with van der Waals surface area (Å²) in [4.78, 5) is 25.8. The number of nitrogens with one attached hydrogen (secondary N) is 1.